The summed E-state index contributed by atoms with van der Waals surface area (Å²) in [6.07, 6.45) is 5.41. The molecule has 0 aliphatic rings. The van der Waals surface area contributed by atoms with Crippen molar-refractivity contribution in [3.63, 3.8) is 0 Å². The number of aromatic amines is 1. The zero-order valence-electron chi connectivity index (χ0n) is 10.9. The molecule has 1 aromatic carbocycles. The van der Waals surface area contributed by atoms with Crippen molar-refractivity contribution in [1.29, 1.82) is 0 Å². The molecular formula is C14H19N3O2. The van der Waals surface area contributed by atoms with Gasteiger partial charge in [-0.25, -0.2) is 4.98 Å². The average Bonchev–Trinajstić information content (AvgIpc) is 2.90. The Morgan fingerprint density at radius 1 is 1.37 bits per heavy atom. The standard InChI is InChI=1S/C14H19N3O2/c1-10(12-9-11(18)4-5-13(12)19)15-6-2-3-14-16-7-8-17-14/h4-5,7-10,15,18-19H,2-3,6H2,1H3,(H,16,17). The smallest absolute Gasteiger partial charge is 0.120 e. The Labute approximate surface area is 112 Å². The first-order chi connectivity index (χ1) is 9.16. The van der Waals surface area contributed by atoms with Crippen molar-refractivity contribution in [3.8, 4) is 11.5 Å². The molecule has 5 heteroatoms. The van der Waals surface area contributed by atoms with Crippen LogP contribution < -0.4 is 5.32 Å². The number of imidazole rings is 1. The highest BCUT2D eigenvalue weighted by Gasteiger charge is 2.10. The fourth-order valence-corrected chi connectivity index (χ4v) is 2.01. The Kier molecular flexibility index (Phi) is 4.41. The van der Waals surface area contributed by atoms with Crippen LogP contribution in [0.15, 0.2) is 30.6 Å². The largest absolute Gasteiger partial charge is 0.508 e. The van der Waals surface area contributed by atoms with Gasteiger partial charge in [-0.2, -0.15) is 0 Å². The highest BCUT2D eigenvalue weighted by Crippen LogP contribution is 2.27. The summed E-state index contributed by atoms with van der Waals surface area (Å²) in [6.45, 7) is 2.78. The maximum atomic E-state index is 9.75. The predicted octanol–water partition coefficient (Wildman–Crippen LogP) is 2.10. The molecular weight excluding hydrogens is 242 g/mol. The highest BCUT2D eigenvalue weighted by atomic mass is 16.3. The number of aromatic hydroxyl groups is 2. The Bertz CT molecular complexity index is 511. The Morgan fingerprint density at radius 2 is 2.21 bits per heavy atom. The summed E-state index contributed by atoms with van der Waals surface area (Å²) < 4.78 is 0. The van der Waals surface area contributed by atoms with Crippen LogP contribution in [0.4, 0.5) is 0 Å². The van der Waals surface area contributed by atoms with Crippen molar-refractivity contribution < 1.29 is 10.2 Å². The Balaban J connectivity index is 1.80. The fraction of sp³-hybridized carbons (Fsp3) is 0.357. The van der Waals surface area contributed by atoms with E-state index in [2.05, 4.69) is 15.3 Å². The molecule has 0 amide bonds. The Morgan fingerprint density at radius 3 is 2.95 bits per heavy atom. The third kappa shape index (κ3) is 3.72. The summed E-state index contributed by atoms with van der Waals surface area (Å²) in [7, 11) is 0. The van der Waals surface area contributed by atoms with E-state index in [1.165, 1.54) is 12.1 Å². The molecule has 1 unspecified atom stereocenters. The number of hydrogen-bond donors (Lipinski definition) is 4. The van der Waals surface area contributed by atoms with Gasteiger partial charge in [-0.3, -0.25) is 0 Å². The first kappa shape index (κ1) is 13.4. The van der Waals surface area contributed by atoms with Crippen LogP contribution in [-0.2, 0) is 6.42 Å². The molecule has 5 nitrogen and oxygen atoms in total. The van der Waals surface area contributed by atoms with Crippen molar-refractivity contribution in [3.05, 3.63) is 42.0 Å². The number of nitrogens with zero attached hydrogens (tertiary/aromatic N) is 1. The van der Waals surface area contributed by atoms with Crippen LogP contribution in [0.3, 0.4) is 0 Å². The van der Waals surface area contributed by atoms with Crippen molar-refractivity contribution in [2.45, 2.75) is 25.8 Å². The Hall–Kier alpha value is -2.01. The van der Waals surface area contributed by atoms with Crippen molar-refractivity contribution >= 4 is 0 Å². The number of nitrogens with one attached hydrogen (secondary N) is 2. The molecule has 0 fully saturated rings. The van der Waals surface area contributed by atoms with Crippen molar-refractivity contribution in [2.75, 3.05) is 6.54 Å². The van der Waals surface area contributed by atoms with Gasteiger partial charge in [0.2, 0.25) is 0 Å². The molecule has 0 radical (unpaired) electrons. The molecule has 1 atom stereocenters. The lowest BCUT2D eigenvalue weighted by Crippen LogP contribution is -2.20. The van der Waals surface area contributed by atoms with E-state index in [0.717, 1.165) is 25.2 Å². The molecule has 2 aromatic rings. The molecule has 102 valence electrons. The van der Waals surface area contributed by atoms with Gasteiger partial charge in [0.25, 0.3) is 0 Å². The predicted molar refractivity (Wildman–Crippen MR) is 73.1 cm³/mol. The maximum Gasteiger partial charge on any atom is 0.120 e. The normalized spacial score (nSPS) is 12.5. The SMILES string of the molecule is CC(NCCCc1ncc[nH]1)c1cc(O)ccc1O. The number of phenolic OH excluding ortho intramolecular Hbond substituents is 2. The van der Waals surface area contributed by atoms with Gasteiger partial charge in [-0.15, -0.1) is 0 Å². The summed E-state index contributed by atoms with van der Waals surface area (Å²) in [5.41, 5.74) is 0.706. The lowest BCUT2D eigenvalue weighted by Gasteiger charge is -2.15. The second-order valence-electron chi connectivity index (χ2n) is 4.56. The van der Waals surface area contributed by atoms with E-state index in [1.807, 2.05) is 13.1 Å². The van der Waals surface area contributed by atoms with Gasteiger partial charge in [0.1, 0.15) is 17.3 Å². The van der Waals surface area contributed by atoms with E-state index < -0.39 is 0 Å². The minimum absolute atomic E-state index is 0.0105. The van der Waals surface area contributed by atoms with Gasteiger partial charge in [0, 0.05) is 30.4 Å². The second-order valence-corrected chi connectivity index (χ2v) is 4.56. The second kappa shape index (κ2) is 6.24. The van der Waals surface area contributed by atoms with Gasteiger partial charge < -0.3 is 20.5 Å². The molecule has 2 rings (SSSR count). The molecule has 0 saturated carbocycles. The third-order valence-corrected chi connectivity index (χ3v) is 3.07. The monoisotopic (exact) mass is 261 g/mol. The van der Waals surface area contributed by atoms with Crippen LogP contribution in [0.1, 0.15) is 30.8 Å². The topological polar surface area (TPSA) is 81.2 Å². The van der Waals surface area contributed by atoms with Gasteiger partial charge in [0.15, 0.2) is 0 Å². The van der Waals surface area contributed by atoms with E-state index >= 15 is 0 Å². The number of hydrogen-bond acceptors (Lipinski definition) is 4. The summed E-state index contributed by atoms with van der Waals surface area (Å²) in [5.74, 6) is 1.34. The lowest BCUT2D eigenvalue weighted by molar-refractivity contribution is 0.440. The summed E-state index contributed by atoms with van der Waals surface area (Å²) >= 11 is 0. The lowest BCUT2D eigenvalue weighted by atomic mass is 10.1. The van der Waals surface area contributed by atoms with Crippen LogP contribution in [0.2, 0.25) is 0 Å². The highest BCUT2D eigenvalue weighted by molar-refractivity contribution is 5.40. The summed E-state index contributed by atoms with van der Waals surface area (Å²) in [6, 6.07) is 4.55. The van der Waals surface area contributed by atoms with E-state index in [1.54, 1.807) is 12.3 Å². The maximum absolute atomic E-state index is 9.75. The van der Waals surface area contributed by atoms with E-state index in [0.29, 0.717) is 5.56 Å². The number of aromatic nitrogens is 2. The van der Waals surface area contributed by atoms with Crippen LogP contribution in [-0.4, -0.2) is 26.7 Å². The minimum Gasteiger partial charge on any atom is -0.508 e. The molecule has 0 aliphatic heterocycles. The molecule has 0 aliphatic carbocycles. The van der Waals surface area contributed by atoms with E-state index in [4.69, 9.17) is 0 Å². The quantitative estimate of drug-likeness (QED) is 0.474. The minimum atomic E-state index is -0.0105. The number of phenols is 2. The average molecular weight is 261 g/mol. The zero-order valence-corrected chi connectivity index (χ0v) is 10.9. The van der Waals surface area contributed by atoms with Crippen molar-refractivity contribution in [1.82, 2.24) is 15.3 Å². The van der Waals surface area contributed by atoms with Crippen molar-refractivity contribution in [2.24, 2.45) is 0 Å². The number of aryl methyl sites for hydroxylation is 1. The molecule has 1 heterocycles. The fourth-order valence-electron chi connectivity index (χ4n) is 2.01. The van der Waals surface area contributed by atoms with Crippen LogP contribution in [0.5, 0.6) is 11.5 Å². The molecule has 0 bridgehead atoms. The van der Waals surface area contributed by atoms with Gasteiger partial charge in [0.05, 0.1) is 0 Å². The van der Waals surface area contributed by atoms with Gasteiger partial charge in [-0.1, -0.05) is 0 Å². The molecule has 19 heavy (non-hydrogen) atoms. The van der Waals surface area contributed by atoms with Crippen LogP contribution >= 0.6 is 0 Å². The first-order valence-corrected chi connectivity index (χ1v) is 6.40. The number of H-pyrrole nitrogens is 1. The first-order valence-electron chi connectivity index (χ1n) is 6.40. The summed E-state index contributed by atoms with van der Waals surface area (Å²) in [5, 5.41) is 22.5. The molecule has 0 saturated heterocycles. The van der Waals surface area contributed by atoms with Gasteiger partial charge >= 0.3 is 0 Å². The summed E-state index contributed by atoms with van der Waals surface area (Å²) in [4.78, 5) is 7.22. The number of rotatable bonds is 6. The molecule has 0 spiro atoms. The zero-order chi connectivity index (χ0) is 13.7. The van der Waals surface area contributed by atoms with Crippen LogP contribution in [0, 0.1) is 0 Å². The van der Waals surface area contributed by atoms with Crippen LogP contribution in [0.25, 0.3) is 0 Å². The molecule has 1 aromatic heterocycles. The van der Waals surface area contributed by atoms with E-state index in [-0.39, 0.29) is 17.5 Å². The third-order valence-electron chi connectivity index (χ3n) is 3.07. The molecule has 4 N–H and O–H groups in total. The number of benzene rings is 1. The van der Waals surface area contributed by atoms with E-state index in [9.17, 15) is 10.2 Å². The van der Waals surface area contributed by atoms with Gasteiger partial charge in [-0.05, 0) is 38.1 Å².